The topological polar surface area (TPSA) is 103 Å². The molecule has 10 heteroatoms. The van der Waals surface area contributed by atoms with Crippen LogP contribution in [0, 0.1) is 6.92 Å². The first kappa shape index (κ1) is 19.4. The number of aryl methyl sites for hydroxylation is 1. The molecule has 0 aliphatic rings. The summed E-state index contributed by atoms with van der Waals surface area (Å²) < 4.78 is 8.71. The molecule has 0 radical (unpaired) electrons. The van der Waals surface area contributed by atoms with Gasteiger partial charge in [-0.2, -0.15) is 22.7 Å². The third kappa shape index (κ3) is 3.84. The smallest absolute Gasteiger partial charge is 0.404 e. The summed E-state index contributed by atoms with van der Waals surface area (Å²) in [6.45, 7) is 4.10. The Morgan fingerprint density at radius 3 is 2.97 bits per heavy atom. The largest absolute Gasteiger partial charge is 0.421 e. The van der Waals surface area contributed by atoms with E-state index < -0.39 is 5.76 Å². The van der Waals surface area contributed by atoms with Crippen LogP contribution in [0.2, 0.25) is 0 Å². The van der Waals surface area contributed by atoms with Gasteiger partial charge in [0.15, 0.2) is 16.9 Å². The Morgan fingerprint density at radius 2 is 2.17 bits per heavy atom. The Labute approximate surface area is 172 Å². The van der Waals surface area contributed by atoms with Gasteiger partial charge in [0.1, 0.15) is 6.33 Å². The number of pyridine rings is 1. The number of nitrogens with one attached hydrogen (secondary N) is 1. The van der Waals surface area contributed by atoms with E-state index in [9.17, 15) is 4.79 Å². The summed E-state index contributed by atoms with van der Waals surface area (Å²) in [5.41, 5.74) is 3.42. The fourth-order valence-corrected chi connectivity index (χ4v) is 3.72. The van der Waals surface area contributed by atoms with E-state index >= 15 is 0 Å². The molecule has 0 aromatic carbocycles. The maximum atomic E-state index is 12.5. The van der Waals surface area contributed by atoms with Gasteiger partial charge in [0.2, 0.25) is 5.95 Å². The Balaban J connectivity index is 1.72. The SMILES string of the molecule is CCCCC(CCS)n1c(=O)oc2cnc(Nc3cn4ncnc4cc3C)nc21. The molecule has 152 valence electrons. The van der Waals surface area contributed by atoms with Gasteiger partial charge in [-0.05, 0) is 37.1 Å². The Kier molecular flexibility index (Phi) is 5.52. The lowest BCUT2D eigenvalue weighted by molar-refractivity contribution is 0.401. The molecule has 29 heavy (non-hydrogen) atoms. The molecule has 0 bridgehead atoms. The van der Waals surface area contributed by atoms with Crippen molar-refractivity contribution in [2.24, 2.45) is 0 Å². The van der Waals surface area contributed by atoms with E-state index in [-0.39, 0.29) is 6.04 Å². The molecule has 9 nitrogen and oxygen atoms in total. The number of nitrogens with zero attached hydrogens (tertiary/aromatic N) is 6. The number of unbranched alkanes of at least 4 members (excludes halogenated alkanes) is 1. The standard InChI is InChI=1S/C19H23N7O2S/c1-3-4-5-13(6-7-29)26-17-15(28-19(26)27)9-20-18(24-17)23-14-10-25-16(8-12(14)2)21-11-22-25/h8-11,13,29H,3-7H2,1-2H3,(H,20,23,24). The minimum atomic E-state index is -0.408. The van der Waals surface area contributed by atoms with Gasteiger partial charge in [-0.15, -0.1) is 0 Å². The first-order valence-corrected chi connectivity index (χ1v) is 10.3. The van der Waals surface area contributed by atoms with Gasteiger partial charge >= 0.3 is 5.76 Å². The zero-order valence-electron chi connectivity index (χ0n) is 16.4. The van der Waals surface area contributed by atoms with Crippen molar-refractivity contribution in [3.05, 3.63) is 40.9 Å². The molecule has 1 atom stereocenters. The summed E-state index contributed by atoms with van der Waals surface area (Å²) in [7, 11) is 0. The van der Waals surface area contributed by atoms with Gasteiger partial charge in [0.25, 0.3) is 0 Å². The van der Waals surface area contributed by atoms with Crippen molar-refractivity contribution in [1.29, 1.82) is 0 Å². The molecule has 4 aromatic heterocycles. The number of oxazole rings is 1. The third-order valence-electron chi connectivity index (χ3n) is 4.95. The molecule has 0 saturated carbocycles. The van der Waals surface area contributed by atoms with Crippen molar-refractivity contribution in [3.8, 4) is 0 Å². The molecule has 1 unspecified atom stereocenters. The number of hydrogen-bond acceptors (Lipinski definition) is 8. The van der Waals surface area contributed by atoms with Gasteiger partial charge in [0.05, 0.1) is 18.1 Å². The molecule has 1 N–H and O–H groups in total. The fraction of sp³-hybridized carbons (Fsp3) is 0.421. The van der Waals surface area contributed by atoms with Crippen LogP contribution in [0.15, 0.2) is 34.0 Å². The van der Waals surface area contributed by atoms with Gasteiger partial charge in [-0.3, -0.25) is 4.57 Å². The van der Waals surface area contributed by atoms with Gasteiger partial charge < -0.3 is 9.73 Å². The number of rotatable bonds is 8. The maximum absolute atomic E-state index is 12.5. The molecular formula is C19H23N7O2S. The van der Waals surface area contributed by atoms with Crippen LogP contribution in [-0.4, -0.2) is 34.9 Å². The second kappa shape index (κ2) is 8.24. The van der Waals surface area contributed by atoms with Crippen molar-refractivity contribution in [2.45, 2.75) is 45.6 Å². The van der Waals surface area contributed by atoms with Crippen molar-refractivity contribution in [1.82, 2.24) is 29.1 Å². The second-order valence-electron chi connectivity index (χ2n) is 6.99. The highest BCUT2D eigenvalue weighted by atomic mass is 32.1. The Bertz CT molecular complexity index is 1200. The predicted molar refractivity (Wildman–Crippen MR) is 114 cm³/mol. The van der Waals surface area contributed by atoms with Crippen LogP contribution in [0.1, 0.15) is 44.2 Å². The Hall–Kier alpha value is -2.88. The molecule has 4 rings (SSSR count). The highest BCUT2D eigenvalue weighted by molar-refractivity contribution is 7.80. The maximum Gasteiger partial charge on any atom is 0.421 e. The fourth-order valence-electron chi connectivity index (χ4n) is 3.42. The lowest BCUT2D eigenvalue weighted by Gasteiger charge is -2.16. The summed E-state index contributed by atoms with van der Waals surface area (Å²) in [6, 6.07) is 1.92. The molecule has 0 aliphatic heterocycles. The van der Waals surface area contributed by atoms with Crippen LogP contribution in [0.5, 0.6) is 0 Å². The lowest BCUT2D eigenvalue weighted by Crippen LogP contribution is -2.21. The highest BCUT2D eigenvalue weighted by Crippen LogP contribution is 2.25. The minimum absolute atomic E-state index is 0.00261. The van der Waals surface area contributed by atoms with Crippen LogP contribution in [0.25, 0.3) is 16.9 Å². The zero-order chi connectivity index (χ0) is 20.4. The molecule has 4 aromatic rings. The predicted octanol–water partition coefficient (Wildman–Crippen LogP) is 3.53. The van der Waals surface area contributed by atoms with Crippen LogP contribution >= 0.6 is 12.6 Å². The van der Waals surface area contributed by atoms with Crippen LogP contribution in [0.4, 0.5) is 11.6 Å². The van der Waals surface area contributed by atoms with Crippen molar-refractivity contribution in [2.75, 3.05) is 11.1 Å². The average Bonchev–Trinajstić information content (AvgIpc) is 3.28. The third-order valence-corrected chi connectivity index (χ3v) is 5.20. The van der Waals surface area contributed by atoms with Crippen LogP contribution in [-0.2, 0) is 0 Å². The van der Waals surface area contributed by atoms with E-state index in [0.29, 0.717) is 22.9 Å². The molecular weight excluding hydrogens is 390 g/mol. The zero-order valence-corrected chi connectivity index (χ0v) is 17.3. The first-order chi connectivity index (χ1) is 14.1. The number of aromatic nitrogens is 6. The van der Waals surface area contributed by atoms with E-state index in [1.54, 1.807) is 9.08 Å². The van der Waals surface area contributed by atoms with Crippen LogP contribution in [0.3, 0.4) is 0 Å². The molecule has 0 fully saturated rings. The normalized spacial score (nSPS) is 12.7. The number of thiol groups is 1. The lowest BCUT2D eigenvalue weighted by atomic mass is 10.1. The molecule has 0 amide bonds. The van der Waals surface area contributed by atoms with Crippen molar-refractivity contribution >= 4 is 41.1 Å². The summed E-state index contributed by atoms with van der Waals surface area (Å²) >= 11 is 4.36. The molecule has 0 aliphatic carbocycles. The summed E-state index contributed by atoms with van der Waals surface area (Å²) in [5.74, 6) is 0.658. The number of fused-ring (bicyclic) bond motifs is 2. The summed E-state index contributed by atoms with van der Waals surface area (Å²) in [4.78, 5) is 25.6. The van der Waals surface area contributed by atoms with Crippen molar-refractivity contribution < 1.29 is 4.42 Å². The summed E-state index contributed by atoms with van der Waals surface area (Å²) in [5, 5.41) is 7.37. The van der Waals surface area contributed by atoms with Crippen LogP contribution < -0.4 is 11.1 Å². The highest BCUT2D eigenvalue weighted by Gasteiger charge is 2.20. The minimum Gasteiger partial charge on any atom is -0.404 e. The van der Waals surface area contributed by atoms with Gasteiger partial charge in [-0.1, -0.05) is 19.8 Å². The van der Waals surface area contributed by atoms with Gasteiger partial charge in [0, 0.05) is 6.04 Å². The molecule has 0 spiro atoms. The molecule has 4 heterocycles. The quantitative estimate of drug-likeness (QED) is 0.426. The number of anilines is 2. The van der Waals surface area contributed by atoms with E-state index in [2.05, 4.69) is 44.9 Å². The Morgan fingerprint density at radius 1 is 1.31 bits per heavy atom. The monoisotopic (exact) mass is 413 g/mol. The first-order valence-electron chi connectivity index (χ1n) is 9.66. The van der Waals surface area contributed by atoms with Crippen molar-refractivity contribution in [3.63, 3.8) is 0 Å². The number of hydrogen-bond donors (Lipinski definition) is 2. The van der Waals surface area contributed by atoms with E-state index in [4.69, 9.17) is 4.42 Å². The van der Waals surface area contributed by atoms with E-state index in [0.717, 1.165) is 42.6 Å². The summed E-state index contributed by atoms with van der Waals surface area (Å²) in [6.07, 6.45) is 8.59. The second-order valence-corrected chi connectivity index (χ2v) is 7.43. The van der Waals surface area contributed by atoms with E-state index in [1.807, 2.05) is 19.2 Å². The van der Waals surface area contributed by atoms with Gasteiger partial charge in [-0.25, -0.2) is 19.3 Å². The van der Waals surface area contributed by atoms with E-state index in [1.165, 1.54) is 12.5 Å². The average molecular weight is 414 g/mol. The molecule has 0 saturated heterocycles.